The van der Waals surface area contributed by atoms with Gasteiger partial charge in [0.25, 0.3) is 0 Å². The number of carboxylic acid groups (broad SMARTS) is 1. The van der Waals surface area contributed by atoms with Crippen molar-refractivity contribution < 1.29 is 19.5 Å². The number of rotatable bonds is 7. The Morgan fingerprint density at radius 3 is 2.43 bits per heavy atom. The summed E-state index contributed by atoms with van der Waals surface area (Å²) in [4.78, 5) is 33.5. The van der Waals surface area contributed by atoms with Gasteiger partial charge in [-0.2, -0.15) is 11.8 Å². The number of thioether (sulfide) groups is 1. The maximum atomic E-state index is 11.8. The molecule has 6 nitrogen and oxygen atoms in total. The SMILES string of the molecule is NC(=O)CSCCC(=O)Nc1c(Cl)ccc(Cl)c1C(=O)O. The van der Waals surface area contributed by atoms with Gasteiger partial charge in [0, 0.05) is 12.2 Å². The Kier molecular flexibility index (Phi) is 6.80. The Hall–Kier alpha value is -1.44. The fourth-order valence-corrected chi connectivity index (χ4v) is 2.54. The Bertz CT molecular complexity index is 581. The van der Waals surface area contributed by atoms with Crippen LogP contribution < -0.4 is 11.1 Å². The van der Waals surface area contributed by atoms with Gasteiger partial charge in [-0.3, -0.25) is 9.59 Å². The lowest BCUT2D eigenvalue weighted by atomic mass is 10.1. The summed E-state index contributed by atoms with van der Waals surface area (Å²) in [6.45, 7) is 0. The molecule has 0 heterocycles. The third kappa shape index (κ3) is 5.45. The van der Waals surface area contributed by atoms with Gasteiger partial charge >= 0.3 is 5.97 Å². The first-order valence-electron chi connectivity index (χ1n) is 5.70. The largest absolute Gasteiger partial charge is 0.478 e. The minimum Gasteiger partial charge on any atom is -0.478 e. The third-order valence-electron chi connectivity index (χ3n) is 2.30. The van der Waals surface area contributed by atoms with Gasteiger partial charge in [0.15, 0.2) is 0 Å². The number of hydrogen-bond acceptors (Lipinski definition) is 4. The van der Waals surface area contributed by atoms with E-state index in [1.54, 1.807) is 0 Å². The first-order chi connectivity index (χ1) is 9.82. The molecule has 4 N–H and O–H groups in total. The number of carbonyl (C=O) groups excluding carboxylic acids is 2. The highest BCUT2D eigenvalue weighted by Gasteiger charge is 2.19. The number of carbonyl (C=O) groups is 3. The van der Waals surface area contributed by atoms with E-state index in [9.17, 15) is 14.4 Å². The van der Waals surface area contributed by atoms with Crippen LogP contribution in [0.15, 0.2) is 12.1 Å². The fraction of sp³-hybridized carbons (Fsp3) is 0.250. The van der Waals surface area contributed by atoms with Gasteiger partial charge in [0.05, 0.1) is 21.5 Å². The van der Waals surface area contributed by atoms with E-state index >= 15 is 0 Å². The molecule has 2 amide bonds. The van der Waals surface area contributed by atoms with E-state index in [0.717, 1.165) is 0 Å². The molecule has 0 fully saturated rings. The van der Waals surface area contributed by atoms with Crippen LogP contribution in [0.2, 0.25) is 10.0 Å². The molecule has 0 aliphatic carbocycles. The Morgan fingerprint density at radius 2 is 1.86 bits per heavy atom. The zero-order chi connectivity index (χ0) is 16.0. The van der Waals surface area contributed by atoms with Crippen molar-refractivity contribution in [2.24, 2.45) is 5.73 Å². The number of hydrogen-bond donors (Lipinski definition) is 3. The smallest absolute Gasteiger partial charge is 0.339 e. The molecule has 0 atom stereocenters. The molecule has 0 saturated carbocycles. The van der Waals surface area contributed by atoms with Gasteiger partial charge < -0.3 is 16.2 Å². The van der Waals surface area contributed by atoms with Crippen LogP contribution in [0.1, 0.15) is 16.8 Å². The van der Waals surface area contributed by atoms with Crippen LogP contribution in [0.5, 0.6) is 0 Å². The summed E-state index contributed by atoms with van der Waals surface area (Å²) in [6.07, 6.45) is 0.0832. The summed E-state index contributed by atoms with van der Waals surface area (Å²) in [7, 11) is 0. The standard InChI is InChI=1S/C12H12Cl2N2O4S/c13-6-1-2-7(14)11(10(6)12(19)20)16-9(18)3-4-21-5-8(15)17/h1-2H,3-5H2,(H2,15,17)(H,16,18)(H,19,20). The molecule has 9 heteroatoms. The number of nitrogens with one attached hydrogen (secondary N) is 1. The van der Waals surface area contributed by atoms with Gasteiger partial charge in [0.1, 0.15) is 5.56 Å². The molecule has 114 valence electrons. The molecule has 0 aliphatic rings. The van der Waals surface area contributed by atoms with Crippen LogP contribution >= 0.6 is 35.0 Å². The first kappa shape index (κ1) is 17.6. The molecule has 1 rings (SSSR count). The number of nitrogens with two attached hydrogens (primary N) is 1. The Labute approximate surface area is 135 Å². The topological polar surface area (TPSA) is 109 Å². The number of carboxylic acids is 1. The molecule has 1 aromatic carbocycles. The second-order valence-electron chi connectivity index (χ2n) is 3.90. The minimum absolute atomic E-state index is 0.0229. The van der Waals surface area contributed by atoms with E-state index < -0.39 is 17.8 Å². The normalized spacial score (nSPS) is 10.2. The van der Waals surface area contributed by atoms with E-state index in [4.69, 9.17) is 34.0 Å². The van der Waals surface area contributed by atoms with Crippen molar-refractivity contribution in [1.82, 2.24) is 0 Å². The first-order valence-corrected chi connectivity index (χ1v) is 7.61. The van der Waals surface area contributed by atoms with Gasteiger partial charge in [-0.15, -0.1) is 0 Å². The third-order valence-corrected chi connectivity index (χ3v) is 3.91. The van der Waals surface area contributed by atoms with Crippen LogP contribution in [-0.4, -0.2) is 34.4 Å². The monoisotopic (exact) mass is 350 g/mol. The molecular weight excluding hydrogens is 339 g/mol. The highest BCUT2D eigenvalue weighted by atomic mass is 35.5. The summed E-state index contributed by atoms with van der Waals surface area (Å²) in [5.41, 5.74) is 4.66. The quantitative estimate of drug-likeness (QED) is 0.653. The second-order valence-corrected chi connectivity index (χ2v) is 5.82. The van der Waals surface area contributed by atoms with Gasteiger partial charge in [-0.05, 0) is 12.1 Å². The van der Waals surface area contributed by atoms with Crippen molar-refractivity contribution in [2.45, 2.75) is 6.42 Å². The summed E-state index contributed by atoms with van der Waals surface area (Å²) in [5, 5.41) is 11.6. The van der Waals surface area contributed by atoms with Crippen molar-refractivity contribution in [3.05, 3.63) is 27.7 Å². The number of amides is 2. The second kappa shape index (κ2) is 8.11. The lowest BCUT2D eigenvalue weighted by Gasteiger charge is -2.11. The summed E-state index contributed by atoms with van der Waals surface area (Å²) in [6, 6.07) is 2.74. The van der Waals surface area contributed by atoms with Crippen molar-refractivity contribution in [2.75, 3.05) is 16.8 Å². The highest BCUT2D eigenvalue weighted by molar-refractivity contribution is 7.99. The lowest BCUT2D eigenvalue weighted by molar-refractivity contribution is -0.116. The van der Waals surface area contributed by atoms with E-state index in [-0.39, 0.29) is 33.5 Å². The lowest BCUT2D eigenvalue weighted by Crippen LogP contribution is -2.17. The number of benzene rings is 1. The van der Waals surface area contributed by atoms with Gasteiger partial charge in [-0.25, -0.2) is 4.79 Å². The molecule has 0 saturated heterocycles. The Morgan fingerprint density at radius 1 is 1.24 bits per heavy atom. The van der Waals surface area contributed by atoms with Crippen LogP contribution in [0, 0.1) is 0 Å². The van der Waals surface area contributed by atoms with Crippen molar-refractivity contribution >= 4 is 58.4 Å². The Balaban J connectivity index is 2.74. The molecule has 0 spiro atoms. The van der Waals surface area contributed by atoms with Gasteiger partial charge in [-0.1, -0.05) is 23.2 Å². The van der Waals surface area contributed by atoms with Crippen LogP contribution in [0.3, 0.4) is 0 Å². The predicted octanol–water partition coefficient (Wildman–Crippen LogP) is 2.24. The average Bonchev–Trinajstić information content (AvgIpc) is 2.38. The number of halogens is 2. The van der Waals surface area contributed by atoms with E-state index in [1.165, 1.54) is 23.9 Å². The van der Waals surface area contributed by atoms with Crippen LogP contribution in [-0.2, 0) is 9.59 Å². The van der Waals surface area contributed by atoms with Gasteiger partial charge in [0.2, 0.25) is 11.8 Å². The maximum absolute atomic E-state index is 11.8. The van der Waals surface area contributed by atoms with E-state index in [0.29, 0.717) is 5.75 Å². The highest BCUT2D eigenvalue weighted by Crippen LogP contribution is 2.32. The molecule has 0 unspecified atom stereocenters. The van der Waals surface area contributed by atoms with Crippen LogP contribution in [0.4, 0.5) is 5.69 Å². The average molecular weight is 351 g/mol. The zero-order valence-electron chi connectivity index (χ0n) is 10.7. The van der Waals surface area contributed by atoms with Crippen molar-refractivity contribution in [3.63, 3.8) is 0 Å². The summed E-state index contributed by atoms with van der Waals surface area (Å²) >= 11 is 12.9. The molecule has 21 heavy (non-hydrogen) atoms. The van der Waals surface area contributed by atoms with Crippen LogP contribution in [0.25, 0.3) is 0 Å². The zero-order valence-corrected chi connectivity index (χ0v) is 13.0. The number of primary amides is 1. The van der Waals surface area contributed by atoms with Crippen molar-refractivity contribution in [1.29, 1.82) is 0 Å². The predicted molar refractivity (Wildman–Crippen MR) is 83.2 cm³/mol. The van der Waals surface area contributed by atoms with E-state index in [2.05, 4.69) is 5.32 Å². The molecule has 1 aromatic rings. The number of anilines is 1. The van der Waals surface area contributed by atoms with E-state index in [1.807, 2.05) is 0 Å². The maximum Gasteiger partial charge on any atom is 0.339 e. The molecule has 0 bridgehead atoms. The minimum atomic E-state index is -1.29. The summed E-state index contributed by atoms with van der Waals surface area (Å²) in [5.74, 6) is -1.70. The van der Waals surface area contributed by atoms with Crippen molar-refractivity contribution in [3.8, 4) is 0 Å². The molecular formula is C12H12Cl2N2O4S. The summed E-state index contributed by atoms with van der Waals surface area (Å²) < 4.78 is 0. The fourth-order valence-electron chi connectivity index (χ4n) is 1.42. The molecule has 0 aliphatic heterocycles. The molecule has 0 aromatic heterocycles. The molecule has 0 radical (unpaired) electrons. The number of aromatic carboxylic acids is 1.